The average molecular weight is 276 g/mol. The second-order valence-electron chi connectivity index (χ2n) is 4.91. The first-order chi connectivity index (χ1) is 9.74. The number of anilines is 1. The van der Waals surface area contributed by atoms with Gasteiger partial charge in [-0.05, 0) is 31.9 Å². The molecule has 1 aromatic heterocycles. The van der Waals surface area contributed by atoms with Crippen LogP contribution in [0.3, 0.4) is 0 Å². The highest BCUT2D eigenvalue weighted by atomic mass is 16.6. The van der Waals surface area contributed by atoms with Crippen LogP contribution in [0.5, 0.6) is 0 Å². The first kappa shape index (κ1) is 12.9. The van der Waals surface area contributed by atoms with Gasteiger partial charge in [-0.1, -0.05) is 6.07 Å². The molecular weight excluding hydrogens is 260 g/mol. The van der Waals surface area contributed by atoms with Crippen molar-refractivity contribution in [1.29, 1.82) is 0 Å². The number of oxazole rings is 1. The molecule has 1 aliphatic carbocycles. The van der Waals surface area contributed by atoms with E-state index in [1.165, 1.54) is 18.9 Å². The summed E-state index contributed by atoms with van der Waals surface area (Å²) >= 11 is 0. The normalized spacial score (nSPS) is 14.6. The van der Waals surface area contributed by atoms with E-state index in [2.05, 4.69) is 15.6 Å². The molecule has 106 valence electrons. The van der Waals surface area contributed by atoms with Gasteiger partial charge >= 0.3 is 0 Å². The van der Waals surface area contributed by atoms with E-state index < -0.39 is 4.92 Å². The second-order valence-corrected chi connectivity index (χ2v) is 4.91. The number of aromatic nitrogens is 1. The third kappa shape index (κ3) is 2.88. The SMILES string of the molecule is O=[N+]([O-])c1cccc2oc(NCCCNC3CC3)nc12. The molecule has 0 atom stereocenters. The molecule has 0 saturated heterocycles. The van der Waals surface area contributed by atoms with Gasteiger partial charge in [0.2, 0.25) is 0 Å². The Labute approximate surface area is 115 Å². The Kier molecular flexibility index (Phi) is 3.51. The van der Waals surface area contributed by atoms with Crippen molar-refractivity contribution in [2.75, 3.05) is 18.4 Å². The fourth-order valence-electron chi connectivity index (χ4n) is 2.03. The molecule has 2 aromatic rings. The summed E-state index contributed by atoms with van der Waals surface area (Å²) in [6.45, 7) is 1.68. The molecule has 0 aliphatic heterocycles. The number of benzene rings is 1. The third-order valence-electron chi connectivity index (χ3n) is 3.23. The molecule has 1 aliphatic rings. The van der Waals surface area contributed by atoms with Gasteiger partial charge < -0.3 is 15.1 Å². The van der Waals surface area contributed by atoms with Gasteiger partial charge in [0.05, 0.1) is 4.92 Å². The van der Waals surface area contributed by atoms with Gasteiger partial charge in [0.1, 0.15) is 0 Å². The standard InChI is InChI=1S/C13H16N4O3/c18-17(19)10-3-1-4-11-12(10)16-13(20-11)15-8-2-7-14-9-5-6-9/h1,3-4,9,14H,2,5-8H2,(H,15,16). The molecule has 7 nitrogen and oxygen atoms in total. The summed E-state index contributed by atoms with van der Waals surface area (Å²) in [5, 5.41) is 17.4. The van der Waals surface area contributed by atoms with Gasteiger partial charge in [-0.2, -0.15) is 4.98 Å². The van der Waals surface area contributed by atoms with Gasteiger partial charge in [-0.15, -0.1) is 0 Å². The second kappa shape index (κ2) is 5.46. The van der Waals surface area contributed by atoms with Gasteiger partial charge in [0.15, 0.2) is 11.1 Å². The smallest absolute Gasteiger partial charge is 0.298 e. The van der Waals surface area contributed by atoms with Crippen LogP contribution in [-0.2, 0) is 0 Å². The summed E-state index contributed by atoms with van der Waals surface area (Å²) in [4.78, 5) is 14.6. The molecule has 1 saturated carbocycles. The molecule has 1 heterocycles. The fraction of sp³-hybridized carbons (Fsp3) is 0.462. The Morgan fingerprint density at radius 1 is 1.40 bits per heavy atom. The van der Waals surface area contributed by atoms with E-state index in [0.717, 1.165) is 19.5 Å². The molecular formula is C13H16N4O3. The van der Waals surface area contributed by atoms with Crippen LogP contribution in [0.15, 0.2) is 22.6 Å². The fourth-order valence-corrected chi connectivity index (χ4v) is 2.03. The van der Waals surface area contributed by atoms with Gasteiger partial charge in [0.25, 0.3) is 11.7 Å². The maximum atomic E-state index is 10.9. The van der Waals surface area contributed by atoms with Crippen LogP contribution in [0.1, 0.15) is 19.3 Å². The molecule has 0 spiro atoms. The van der Waals surface area contributed by atoms with Crippen molar-refractivity contribution < 1.29 is 9.34 Å². The molecule has 7 heteroatoms. The Morgan fingerprint density at radius 3 is 3.00 bits per heavy atom. The lowest BCUT2D eigenvalue weighted by Gasteiger charge is -2.02. The van der Waals surface area contributed by atoms with Crippen molar-refractivity contribution in [3.8, 4) is 0 Å². The number of nitrogens with one attached hydrogen (secondary N) is 2. The van der Waals surface area contributed by atoms with Gasteiger partial charge in [-0.3, -0.25) is 10.1 Å². The summed E-state index contributed by atoms with van der Waals surface area (Å²) in [5.74, 6) is 0. The zero-order valence-electron chi connectivity index (χ0n) is 11.0. The van der Waals surface area contributed by atoms with Crippen molar-refractivity contribution >= 4 is 22.8 Å². The quantitative estimate of drug-likeness (QED) is 0.458. The number of nitro groups is 1. The minimum atomic E-state index is -0.450. The molecule has 0 bridgehead atoms. The monoisotopic (exact) mass is 276 g/mol. The number of nitro benzene ring substituents is 1. The Balaban J connectivity index is 1.60. The number of hydrogen-bond acceptors (Lipinski definition) is 6. The predicted octanol–water partition coefficient (Wildman–Crippen LogP) is 2.29. The summed E-state index contributed by atoms with van der Waals surface area (Å²) in [6, 6.07) is 5.74. The summed E-state index contributed by atoms with van der Waals surface area (Å²) in [7, 11) is 0. The number of nitrogens with zero attached hydrogens (tertiary/aromatic N) is 2. The summed E-state index contributed by atoms with van der Waals surface area (Å²) in [5.41, 5.74) is 0.684. The lowest BCUT2D eigenvalue weighted by Crippen LogP contribution is -2.19. The predicted molar refractivity (Wildman–Crippen MR) is 74.8 cm³/mol. The van der Waals surface area contributed by atoms with Crippen molar-refractivity contribution in [2.24, 2.45) is 0 Å². The highest BCUT2D eigenvalue weighted by Crippen LogP contribution is 2.27. The molecule has 1 fully saturated rings. The van der Waals surface area contributed by atoms with E-state index in [9.17, 15) is 10.1 Å². The van der Waals surface area contributed by atoms with E-state index in [1.54, 1.807) is 12.1 Å². The van der Waals surface area contributed by atoms with Crippen LogP contribution < -0.4 is 10.6 Å². The van der Waals surface area contributed by atoms with Crippen molar-refractivity contribution in [2.45, 2.75) is 25.3 Å². The Bertz CT molecular complexity index is 621. The molecule has 0 amide bonds. The first-order valence-electron chi connectivity index (χ1n) is 6.75. The van der Waals surface area contributed by atoms with E-state index in [1.807, 2.05) is 0 Å². The maximum Gasteiger partial charge on any atom is 0.298 e. The number of non-ortho nitro benzene ring substituents is 1. The molecule has 1 aromatic carbocycles. The molecule has 2 N–H and O–H groups in total. The highest BCUT2D eigenvalue weighted by Gasteiger charge is 2.19. The van der Waals surface area contributed by atoms with Crippen molar-refractivity contribution in [3.63, 3.8) is 0 Å². The summed E-state index contributed by atoms with van der Waals surface area (Å²) in [6.07, 6.45) is 3.52. The molecule has 0 unspecified atom stereocenters. The lowest BCUT2D eigenvalue weighted by atomic mass is 10.3. The average Bonchev–Trinajstić information content (AvgIpc) is 3.15. The third-order valence-corrected chi connectivity index (χ3v) is 3.23. The van der Waals surface area contributed by atoms with Crippen molar-refractivity contribution in [3.05, 3.63) is 28.3 Å². The number of rotatable bonds is 7. The number of para-hydroxylation sites is 1. The van der Waals surface area contributed by atoms with E-state index >= 15 is 0 Å². The van der Waals surface area contributed by atoms with Crippen LogP contribution in [0.25, 0.3) is 11.1 Å². The van der Waals surface area contributed by atoms with Gasteiger partial charge in [0, 0.05) is 18.7 Å². The number of fused-ring (bicyclic) bond motifs is 1. The van der Waals surface area contributed by atoms with Crippen LogP contribution in [0, 0.1) is 10.1 Å². The number of hydrogen-bond donors (Lipinski definition) is 2. The Hall–Kier alpha value is -2.15. The van der Waals surface area contributed by atoms with Crippen LogP contribution in [-0.4, -0.2) is 29.0 Å². The van der Waals surface area contributed by atoms with Crippen LogP contribution >= 0.6 is 0 Å². The van der Waals surface area contributed by atoms with E-state index in [0.29, 0.717) is 17.6 Å². The lowest BCUT2D eigenvalue weighted by molar-refractivity contribution is -0.383. The summed E-state index contributed by atoms with van der Waals surface area (Å²) < 4.78 is 5.45. The Morgan fingerprint density at radius 2 is 2.25 bits per heavy atom. The minimum Gasteiger partial charge on any atom is -0.423 e. The zero-order valence-corrected chi connectivity index (χ0v) is 11.0. The zero-order chi connectivity index (χ0) is 13.9. The largest absolute Gasteiger partial charge is 0.423 e. The molecule has 3 rings (SSSR count). The van der Waals surface area contributed by atoms with Crippen LogP contribution in [0.4, 0.5) is 11.7 Å². The highest BCUT2D eigenvalue weighted by molar-refractivity contribution is 5.83. The van der Waals surface area contributed by atoms with Crippen LogP contribution in [0.2, 0.25) is 0 Å². The van der Waals surface area contributed by atoms with E-state index in [-0.39, 0.29) is 11.2 Å². The first-order valence-corrected chi connectivity index (χ1v) is 6.75. The van der Waals surface area contributed by atoms with E-state index in [4.69, 9.17) is 4.42 Å². The molecule has 0 radical (unpaired) electrons. The topological polar surface area (TPSA) is 93.2 Å². The van der Waals surface area contributed by atoms with Gasteiger partial charge in [-0.25, -0.2) is 0 Å². The maximum absolute atomic E-state index is 10.9. The molecule has 20 heavy (non-hydrogen) atoms. The minimum absolute atomic E-state index is 0.0327. The van der Waals surface area contributed by atoms with Crippen molar-refractivity contribution in [1.82, 2.24) is 10.3 Å².